The lowest BCUT2D eigenvalue weighted by molar-refractivity contribution is -0.125. The van der Waals surface area contributed by atoms with Crippen molar-refractivity contribution in [2.45, 2.75) is 12.8 Å². The van der Waals surface area contributed by atoms with Gasteiger partial charge in [-0.1, -0.05) is 23.7 Å². The van der Waals surface area contributed by atoms with Crippen LogP contribution in [0, 0.1) is 5.92 Å². The molecular formula is C14H15Cl2NO. The highest BCUT2D eigenvalue weighted by Gasteiger charge is 2.36. The first-order chi connectivity index (χ1) is 8.24. The minimum absolute atomic E-state index is 0. The molecule has 0 aromatic heterocycles. The van der Waals surface area contributed by atoms with Crippen molar-refractivity contribution >= 4 is 35.9 Å². The Labute approximate surface area is 118 Å². The number of Topliss-reactive ketones (excluding diaryl/α,β-unsaturated/α-hetero) is 1. The lowest BCUT2D eigenvalue weighted by Crippen LogP contribution is -2.45. The fraction of sp³-hybridized carbons (Fsp3) is 0.357. The van der Waals surface area contributed by atoms with Crippen LogP contribution in [0.15, 0.2) is 30.0 Å². The van der Waals surface area contributed by atoms with E-state index in [1.54, 1.807) is 0 Å². The molecular weight excluding hydrogens is 269 g/mol. The summed E-state index contributed by atoms with van der Waals surface area (Å²) in [6.07, 6.45) is 4.01. The molecule has 2 nitrogen and oxygen atoms in total. The van der Waals surface area contributed by atoms with E-state index in [0.717, 1.165) is 37.2 Å². The number of benzene rings is 1. The lowest BCUT2D eigenvalue weighted by atomic mass is 9.84. The van der Waals surface area contributed by atoms with Crippen LogP contribution in [0.2, 0.25) is 5.02 Å². The molecule has 4 heteroatoms. The quantitative estimate of drug-likeness (QED) is 0.737. The van der Waals surface area contributed by atoms with Crippen molar-refractivity contribution in [3.05, 3.63) is 40.5 Å². The van der Waals surface area contributed by atoms with Gasteiger partial charge < -0.3 is 4.90 Å². The highest BCUT2D eigenvalue weighted by atomic mass is 35.5. The van der Waals surface area contributed by atoms with Gasteiger partial charge in [-0.25, -0.2) is 0 Å². The Kier molecular flexibility index (Phi) is 3.98. The SMILES string of the molecule is Cl.O=C1/C(=C/c2cccc(Cl)c2)N2CCC1CC2. The van der Waals surface area contributed by atoms with Gasteiger partial charge in [0.1, 0.15) is 0 Å². The third kappa shape index (κ3) is 2.40. The molecule has 0 saturated carbocycles. The minimum atomic E-state index is 0. The van der Waals surface area contributed by atoms with Crippen molar-refractivity contribution in [3.63, 3.8) is 0 Å². The third-order valence-corrected chi connectivity index (χ3v) is 3.85. The van der Waals surface area contributed by atoms with E-state index >= 15 is 0 Å². The normalized spacial score (nSPS) is 21.3. The van der Waals surface area contributed by atoms with Gasteiger partial charge in [-0.2, -0.15) is 0 Å². The summed E-state index contributed by atoms with van der Waals surface area (Å²) in [5, 5.41) is 0.711. The summed E-state index contributed by atoms with van der Waals surface area (Å²) in [5.41, 5.74) is 1.88. The Morgan fingerprint density at radius 1 is 1.28 bits per heavy atom. The smallest absolute Gasteiger partial charge is 0.182 e. The molecule has 3 fully saturated rings. The maximum atomic E-state index is 12.1. The number of rotatable bonds is 1. The monoisotopic (exact) mass is 283 g/mol. The topological polar surface area (TPSA) is 20.3 Å². The zero-order valence-corrected chi connectivity index (χ0v) is 11.5. The van der Waals surface area contributed by atoms with Crippen LogP contribution in [0.5, 0.6) is 0 Å². The summed E-state index contributed by atoms with van der Waals surface area (Å²) in [6.45, 7) is 2.03. The van der Waals surface area contributed by atoms with E-state index in [2.05, 4.69) is 4.90 Å². The molecule has 1 aromatic carbocycles. The number of carbonyl (C=O) groups excluding carboxylic acids is 1. The number of nitrogens with zero attached hydrogens (tertiary/aromatic N) is 1. The van der Waals surface area contributed by atoms with Gasteiger partial charge in [0, 0.05) is 24.0 Å². The molecule has 3 aliphatic heterocycles. The summed E-state index contributed by atoms with van der Waals surface area (Å²) in [4.78, 5) is 14.3. The number of fused-ring (bicyclic) bond motifs is 3. The first-order valence-electron chi connectivity index (χ1n) is 6.00. The zero-order chi connectivity index (χ0) is 11.8. The van der Waals surface area contributed by atoms with Crippen LogP contribution in [0.25, 0.3) is 6.08 Å². The van der Waals surface area contributed by atoms with E-state index in [1.807, 2.05) is 30.3 Å². The number of piperidine rings is 3. The van der Waals surface area contributed by atoms with Crippen LogP contribution >= 0.6 is 24.0 Å². The molecule has 96 valence electrons. The summed E-state index contributed by atoms with van der Waals surface area (Å²) < 4.78 is 0. The van der Waals surface area contributed by atoms with Crippen LogP contribution in [-0.2, 0) is 4.79 Å². The van der Waals surface area contributed by atoms with Crippen LogP contribution in [-0.4, -0.2) is 23.8 Å². The van der Waals surface area contributed by atoms with E-state index in [0.29, 0.717) is 10.8 Å². The van der Waals surface area contributed by atoms with Crippen molar-refractivity contribution in [3.8, 4) is 0 Å². The highest BCUT2D eigenvalue weighted by Crippen LogP contribution is 2.32. The summed E-state index contributed by atoms with van der Waals surface area (Å²) in [7, 11) is 0. The zero-order valence-electron chi connectivity index (χ0n) is 9.93. The predicted octanol–water partition coefficient (Wildman–Crippen LogP) is 3.40. The maximum absolute atomic E-state index is 12.1. The van der Waals surface area contributed by atoms with Crippen molar-refractivity contribution in [1.29, 1.82) is 0 Å². The standard InChI is InChI=1S/C14H14ClNO.ClH/c15-12-3-1-2-10(8-12)9-13-14(17)11-4-6-16(13)7-5-11;/h1-3,8-9,11H,4-7H2;1H/b13-9-;. The Morgan fingerprint density at radius 3 is 2.61 bits per heavy atom. The summed E-state index contributed by atoms with van der Waals surface area (Å²) in [5.74, 6) is 0.563. The second kappa shape index (κ2) is 5.33. The molecule has 0 atom stereocenters. The van der Waals surface area contributed by atoms with E-state index in [4.69, 9.17) is 11.6 Å². The fourth-order valence-electron chi connectivity index (χ4n) is 2.66. The minimum Gasteiger partial charge on any atom is -0.369 e. The Morgan fingerprint density at radius 2 is 2.00 bits per heavy atom. The molecule has 2 bridgehead atoms. The number of hydrogen-bond acceptors (Lipinski definition) is 2. The van der Waals surface area contributed by atoms with Crippen LogP contribution in [0.4, 0.5) is 0 Å². The Bertz CT molecular complexity index is 490. The van der Waals surface area contributed by atoms with Gasteiger partial charge in [-0.3, -0.25) is 4.79 Å². The summed E-state index contributed by atoms with van der Waals surface area (Å²) >= 11 is 5.95. The fourth-order valence-corrected chi connectivity index (χ4v) is 2.86. The van der Waals surface area contributed by atoms with Gasteiger partial charge in [-0.15, -0.1) is 12.4 Å². The average Bonchev–Trinajstić information content (AvgIpc) is 2.34. The molecule has 0 aliphatic carbocycles. The average molecular weight is 284 g/mol. The number of allylic oxidation sites excluding steroid dienone is 1. The number of carbonyl (C=O) groups is 1. The predicted molar refractivity (Wildman–Crippen MR) is 76.0 cm³/mol. The molecule has 4 rings (SSSR count). The number of ketones is 1. The van der Waals surface area contributed by atoms with E-state index < -0.39 is 0 Å². The van der Waals surface area contributed by atoms with Gasteiger partial charge >= 0.3 is 0 Å². The maximum Gasteiger partial charge on any atom is 0.182 e. The molecule has 0 spiro atoms. The Balaban J connectivity index is 0.00000120. The summed E-state index contributed by atoms with van der Waals surface area (Å²) in [6, 6.07) is 7.63. The van der Waals surface area contributed by atoms with Crippen molar-refractivity contribution < 1.29 is 4.79 Å². The molecule has 3 saturated heterocycles. The van der Waals surface area contributed by atoms with Crippen molar-refractivity contribution in [2.24, 2.45) is 5.92 Å². The van der Waals surface area contributed by atoms with Gasteiger partial charge in [0.15, 0.2) is 5.78 Å². The Hall–Kier alpha value is -0.990. The molecule has 0 unspecified atom stereocenters. The van der Waals surface area contributed by atoms with Crippen molar-refractivity contribution in [2.75, 3.05) is 13.1 Å². The molecule has 0 N–H and O–H groups in total. The van der Waals surface area contributed by atoms with E-state index in [1.165, 1.54) is 0 Å². The first-order valence-corrected chi connectivity index (χ1v) is 6.38. The van der Waals surface area contributed by atoms with Crippen LogP contribution in [0.1, 0.15) is 18.4 Å². The molecule has 1 aromatic rings. The third-order valence-electron chi connectivity index (χ3n) is 3.61. The van der Waals surface area contributed by atoms with E-state index in [9.17, 15) is 4.79 Å². The van der Waals surface area contributed by atoms with Crippen molar-refractivity contribution in [1.82, 2.24) is 4.90 Å². The van der Waals surface area contributed by atoms with E-state index in [-0.39, 0.29) is 18.3 Å². The van der Waals surface area contributed by atoms with Gasteiger partial charge in [0.25, 0.3) is 0 Å². The number of halogens is 2. The molecule has 0 amide bonds. The second-order valence-electron chi connectivity index (χ2n) is 4.71. The van der Waals surface area contributed by atoms with Gasteiger partial charge in [0.05, 0.1) is 5.70 Å². The molecule has 18 heavy (non-hydrogen) atoms. The van der Waals surface area contributed by atoms with Crippen LogP contribution < -0.4 is 0 Å². The number of hydrogen-bond donors (Lipinski definition) is 0. The molecule has 3 aliphatic rings. The highest BCUT2D eigenvalue weighted by molar-refractivity contribution is 6.30. The largest absolute Gasteiger partial charge is 0.369 e. The van der Waals surface area contributed by atoms with Gasteiger partial charge in [-0.05, 0) is 36.6 Å². The lowest BCUT2D eigenvalue weighted by Gasteiger charge is -2.41. The van der Waals surface area contributed by atoms with Gasteiger partial charge in [0.2, 0.25) is 0 Å². The van der Waals surface area contributed by atoms with Crippen LogP contribution in [0.3, 0.4) is 0 Å². The first kappa shape index (κ1) is 13.4. The molecule has 0 radical (unpaired) electrons. The molecule has 3 heterocycles. The second-order valence-corrected chi connectivity index (χ2v) is 5.15.